The molecule has 98 valence electrons. The van der Waals surface area contributed by atoms with Gasteiger partial charge in [0.25, 0.3) is 0 Å². The van der Waals surface area contributed by atoms with Gasteiger partial charge in [-0.05, 0) is 19.8 Å². The third kappa shape index (κ3) is 3.04. The van der Waals surface area contributed by atoms with Crippen LogP contribution in [0.5, 0.6) is 0 Å². The van der Waals surface area contributed by atoms with Crippen LogP contribution < -0.4 is 11.5 Å². The van der Waals surface area contributed by atoms with Crippen molar-refractivity contribution < 1.29 is 4.79 Å². The average Bonchev–Trinajstić information content (AvgIpc) is 2.79. The molecule has 0 aliphatic carbocycles. The number of rotatable bonds is 3. The SMILES string of the molecule is C[C@H](Sc1nc(N)cc(N)n1)C(=O)N1CCCC1. The van der Waals surface area contributed by atoms with E-state index in [2.05, 4.69) is 9.97 Å². The van der Waals surface area contributed by atoms with Gasteiger partial charge in [0.05, 0.1) is 5.25 Å². The summed E-state index contributed by atoms with van der Waals surface area (Å²) in [7, 11) is 0. The molecule has 4 N–H and O–H groups in total. The highest BCUT2D eigenvalue weighted by Gasteiger charge is 2.24. The molecule has 0 spiro atoms. The standard InChI is InChI=1S/C11H17N5OS/c1-7(10(17)16-4-2-3-5-16)18-11-14-8(12)6-9(13)15-11/h6-7H,2-5H2,1H3,(H4,12,13,14,15)/t7-/m0/s1. The van der Waals surface area contributed by atoms with Crippen LogP contribution in [0.25, 0.3) is 0 Å². The Morgan fingerprint density at radius 3 is 2.44 bits per heavy atom. The molecule has 1 aliphatic heterocycles. The summed E-state index contributed by atoms with van der Waals surface area (Å²) in [5, 5.41) is 0.233. The van der Waals surface area contributed by atoms with Gasteiger partial charge in [-0.15, -0.1) is 0 Å². The van der Waals surface area contributed by atoms with E-state index in [0.29, 0.717) is 16.8 Å². The summed E-state index contributed by atoms with van der Waals surface area (Å²) >= 11 is 1.29. The zero-order valence-corrected chi connectivity index (χ0v) is 11.1. The van der Waals surface area contributed by atoms with Crippen molar-refractivity contribution in [3.8, 4) is 0 Å². The second-order valence-electron chi connectivity index (χ2n) is 4.29. The van der Waals surface area contributed by atoms with E-state index in [1.165, 1.54) is 17.8 Å². The lowest BCUT2D eigenvalue weighted by Crippen LogP contribution is -2.34. The number of nitrogen functional groups attached to an aromatic ring is 2. The van der Waals surface area contributed by atoms with Crippen molar-refractivity contribution in [1.29, 1.82) is 0 Å². The molecule has 0 radical (unpaired) electrons. The van der Waals surface area contributed by atoms with Crippen LogP contribution in [0.1, 0.15) is 19.8 Å². The van der Waals surface area contributed by atoms with Crippen molar-refractivity contribution in [3.05, 3.63) is 6.07 Å². The zero-order chi connectivity index (χ0) is 13.1. The molecule has 1 fully saturated rings. The zero-order valence-electron chi connectivity index (χ0n) is 10.3. The second kappa shape index (κ2) is 5.43. The van der Waals surface area contributed by atoms with E-state index in [4.69, 9.17) is 11.5 Å². The van der Waals surface area contributed by atoms with Gasteiger partial charge in [0, 0.05) is 19.2 Å². The van der Waals surface area contributed by atoms with Gasteiger partial charge >= 0.3 is 0 Å². The fourth-order valence-electron chi connectivity index (χ4n) is 1.92. The Hall–Kier alpha value is -1.50. The molecule has 18 heavy (non-hydrogen) atoms. The minimum atomic E-state index is -0.218. The Labute approximate surface area is 110 Å². The van der Waals surface area contributed by atoms with Crippen LogP contribution in [-0.4, -0.2) is 39.1 Å². The molecule has 2 rings (SSSR count). The fourth-order valence-corrected chi connectivity index (χ4v) is 2.80. The lowest BCUT2D eigenvalue weighted by molar-refractivity contribution is -0.129. The molecule has 1 aliphatic rings. The van der Waals surface area contributed by atoms with E-state index < -0.39 is 0 Å². The monoisotopic (exact) mass is 267 g/mol. The van der Waals surface area contributed by atoms with E-state index in [0.717, 1.165) is 25.9 Å². The van der Waals surface area contributed by atoms with Crippen LogP contribution in [0, 0.1) is 0 Å². The first-order chi connectivity index (χ1) is 8.56. The molecule has 1 aromatic rings. The van der Waals surface area contributed by atoms with Gasteiger partial charge in [-0.25, -0.2) is 9.97 Å². The summed E-state index contributed by atoms with van der Waals surface area (Å²) in [5.41, 5.74) is 11.2. The van der Waals surface area contributed by atoms with Crippen LogP contribution in [0.2, 0.25) is 0 Å². The Kier molecular flexibility index (Phi) is 3.90. The number of nitrogens with zero attached hydrogens (tertiary/aromatic N) is 3. The summed E-state index contributed by atoms with van der Waals surface area (Å²) in [6.45, 7) is 3.56. The predicted octanol–water partition coefficient (Wildman–Crippen LogP) is 0.744. The Bertz CT molecular complexity index is 427. The molecule has 0 aromatic carbocycles. The predicted molar refractivity (Wildman–Crippen MR) is 72.0 cm³/mol. The molecular weight excluding hydrogens is 250 g/mol. The molecule has 0 unspecified atom stereocenters. The number of amides is 1. The molecule has 1 atom stereocenters. The number of carbonyl (C=O) groups excluding carboxylic acids is 1. The molecule has 6 nitrogen and oxygen atoms in total. The maximum atomic E-state index is 12.1. The summed E-state index contributed by atoms with van der Waals surface area (Å²) < 4.78 is 0. The van der Waals surface area contributed by atoms with Crippen molar-refractivity contribution >= 4 is 29.3 Å². The Balaban J connectivity index is 2.01. The normalized spacial score (nSPS) is 16.8. The lowest BCUT2D eigenvalue weighted by Gasteiger charge is -2.19. The van der Waals surface area contributed by atoms with E-state index in [9.17, 15) is 4.79 Å². The third-order valence-electron chi connectivity index (χ3n) is 2.79. The van der Waals surface area contributed by atoms with Gasteiger partial charge in [-0.2, -0.15) is 0 Å². The van der Waals surface area contributed by atoms with Gasteiger partial charge < -0.3 is 16.4 Å². The second-order valence-corrected chi connectivity index (χ2v) is 5.60. The highest BCUT2D eigenvalue weighted by atomic mass is 32.2. The molecule has 7 heteroatoms. The highest BCUT2D eigenvalue weighted by Crippen LogP contribution is 2.24. The van der Waals surface area contributed by atoms with E-state index >= 15 is 0 Å². The summed E-state index contributed by atoms with van der Waals surface area (Å²) in [5.74, 6) is 0.777. The minimum Gasteiger partial charge on any atom is -0.383 e. The lowest BCUT2D eigenvalue weighted by atomic mass is 10.4. The molecule has 0 saturated carbocycles. The molecule has 2 heterocycles. The number of carbonyl (C=O) groups is 1. The highest BCUT2D eigenvalue weighted by molar-refractivity contribution is 8.00. The van der Waals surface area contributed by atoms with Crippen LogP contribution in [0.4, 0.5) is 11.6 Å². The van der Waals surface area contributed by atoms with Crippen molar-refractivity contribution in [2.45, 2.75) is 30.2 Å². The maximum absolute atomic E-state index is 12.1. The largest absolute Gasteiger partial charge is 0.383 e. The summed E-state index contributed by atoms with van der Waals surface area (Å²) in [6.07, 6.45) is 2.18. The summed E-state index contributed by atoms with van der Waals surface area (Å²) in [4.78, 5) is 22.1. The third-order valence-corrected chi connectivity index (χ3v) is 3.74. The quantitative estimate of drug-likeness (QED) is 0.619. The van der Waals surface area contributed by atoms with Crippen molar-refractivity contribution in [2.24, 2.45) is 0 Å². The van der Waals surface area contributed by atoms with Crippen LogP contribution in [-0.2, 0) is 4.79 Å². The number of hydrogen-bond acceptors (Lipinski definition) is 6. The molecule has 0 bridgehead atoms. The first-order valence-corrected chi connectivity index (χ1v) is 6.79. The van der Waals surface area contributed by atoms with Crippen LogP contribution in [0.3, 0.4) is 0 Å². The maximum Gasteiger partial charge on any atom is 0.235 e. The molecule has 1 amide bonds. The van der Waals surface area contributed by atoms with Gasteiger partial charge in [0.1, 0.15) is 11.6 Å². The number of thioether (sulfide) groups is 1. The van der Waals surface area contributed by atoms with Gasteiger partial charge in [0.15, 0.2) is 5.16 Å². The Morgan fingerprint density at radius 2 is 1.89 bits per heavy atom. The minimum absolute atomic E-state index is 0.127. The van der Waals surface area contributed by atoms with Gasteiger partial charge in [-0.1, -0.05) is 11.8 Å². The number of aromatic nitrogens is 2. The van der Waals surface area contributed by atoms with Crippen molar-refractivity contribution in [3.63, 3.8) is 0 Å². The number of anilines is 2. The Morgan fingerprint density at radius 1 is 1.33 bits per heavy atom. The fraction of sp³-hybridized carbons (Fsp3) is 0.545. The summed E-state index contributed by atoms with van der Waals surface area (Å²) in [6, 6.07) is 1.50. The topological polar surface area (TPSA) is 98.1 Å². The average molecular weight is 267 g/mol. The number of likely N-dealkylation sites (tertiary alicyclic amines) is 1. The van der Waals surface area contributed by atoms with E-state index in [1.807, 2.05) is 11.8 Å². The van der Waals surface area contributed by atoms with Crippen molar-refractivity contribution in [1.82, 2.24) is 14.9 Å². The number of hydrogen-bond donors (Lipinski definition) is 2. The van der Waals surface area contributed by atoms with E-state index in [-0.39, 0.29) is 11.2 Å². The molecule has 1 saturated heterocycles. The first kappa shape index (κ1) is 12.9. The first-order valence-electron chi connectivity index (χ1n) is 5.92. The smallest absolute Gasteiger partial charge is 0.235 e. The van der Waals surface area contributed by atoms with Crippen molar-refractivity contribution in [2.75, 3.05) is 24.6 Å². The van der Waals surface area contributed by atoms with Gasteiger partial charge in [0.2, 0.25) is 5.91 Å². The van der Waals surface area contributed by atoms with Crippen LogP contribution in [0.15, 0.2) is 11.2 Å². The van der Waals surface area contributed by atoms with Crippen LogP contribution >= 0.6 is 11.8 Å². The molecular formula is C11H17N5OS. The number of nitrogens with two attached hydrogens (primary N) is 2. The van der Waals surface area contributed by atoms with Gasteiger partial charge in [-0.3, -0.25) is 4.79 Å². The van der Waals surface area contributed by atoms with E-state index in [1.54, 1.807) is 0 Å². The molecule has 1 aromatic heterocycles.